The molecule has 0 aliphatic heterocycles. The SMILES string of the molecule is COc1ccc(Cl)cc1-c1cc(Cl)nc(C(C)(C)C)n1. The van der Waals surface area contributed by atoms with Crippen molar-refractivity contribution in [1.82, 2.24) is 9.97 Å². The summed E-state index contributed by atoms with van der Waals surface area (Å²) in [5, 5.41) is 1.02. The zero-order valence-electron chi connectivity index (χ0n) is 11.9. The lowest BCUT2D eigenvalue weighted by Crippen LogP contribution is -2.16. The minimum absolute atomic E-state index is 0.189. The quantitative estimate of drug-likeness (QED) is 0.750. The molecule has 0 saturated carbocycles. The molecule has 0 unspecified atom stereocenters. The van der Waals surface area contributed by atoms with Crippen LogP contribution in [0.2, 0.25) is 10.2 Å². The predicted molar refractivity (Wildman–Crippen MR) is 82.7 cm³/mol. The Morgan fingerprint density at radius 1 is 1.05 bits per heavy atom. The molecule has 0 amide bonds. The van der Waals surface area contributed by atoms with Crippen LogP contribution in [-0.4, -0.2) is 17.1 Å². The van der Waals surface area contributed by atoms with Crippen molar-refractivity contribution in [1.29, 1.82) is 0 Å². The van der Waals surface area contributed by atoms with Gasteiger partial charge in [-0.15, -0.1) is 0 Å². The maximum Gasteiger partial charge on any atom is 0.136 e. The molecule has 3 nitrogen and oxygen atoms in total. The van der Waals surface area contributed by atoms with Crippen LogP contribution in [0, 0.1) is 0 Å². The van der Waals surface area contributed by atoms with Gasteiger partial charge in [-0.25, -0.2) is 9.97 Å². The van der Waals surface area contributed by atoms with E-state index in [4.69, 9.17) is 27.9 Å². The number of methoxy groups -OCH3 is 1. The molecule has 0 aliphatic carbocycles. The third-order valence-corrected chi connectivity index (χ3v) is 3.23. The Balaban J connectivity index is 2.64. The minimum Gasteiger partial charge on any atom is -0.496 e. The summed E-state index contributed by atoms with van der Waals surface area (Å²) in [7, 11) is 1.61. The van der Waals surface area contributed by atoms with Crippen molar-refractivity contribution in [3.05, 3.63) is 40.3 Å². The van der Waals surface area contributed by atoms with Crippen LogP contribution in [0.3, 0.4) is 0 Å². The number of ether oxygens (including phenoxy) is 1. The molecule has 20 heavy (non-hydrogen) atoms. The monoisotopic (exact) mass is 310 g/mol. The van der Waals surface area contributed by atoms with Gasteiger partial charge in [0.05, 0.1) is 12.8 Å². The van der Waals surface area contributed by atoms with Crippen LogP contribution in [0.4, 0.5) is 0 Å². The van der Waals surface area contributed by atoms with Crippen LogP contribution < -0.4 is 4.74 Å². The summed E-state index contributed by atoms with van der Waals surface area (Å²) in [5.41, 5.74) is 1.31. The Kier molecular flexibility index (Phi) is 4.21. The van der Waals surface area contributed by atoms with Crippen molar-refractivity contribution in [2.75, 3.05) is 7.11 Å². The fourth-order valence-corrected chi connectivity index (χ4v) is 2.13. The highest BCUT2D eigenvalue weighted by Gasteiger charge is 2.20. The van der Waals surface area contributed by atoms with Gasteiger partial charge in [0.1, 0.15) is 16.7 Å². The minimum atomic E-state index is -0.189. The Morgan fingerprint density at radius 2 is 1.75 bits per heavy atom. The molecular weight excluding hydrogens is 295 g/mol. The van der Waals surface area contributed by atoms with Gasteiger partial charge in [0.25, 0.3) is 0 Å². The average molecular weight is 311 g/mol. The van der Waals surface area contributed by atoms with E-state index in [0.717, 1.165) is 5.56 Å². The van der Waals surface area contributed by atoms with Crippen LogP contribution in [0.1, 0.15) is 26.6 Å². The molecule has 0 bridgehead atoms. The first-order valence-corrected chi connectivity index (χ1v) is 6.96. The summed E-state index contributed by atoms with van der Waals surface area (Å²) in [6.45, 7) is 6.12. The lowest BCUT2D eigenvalue weighted by molar-refractivity contribution is 0.416. The molecule has 0 atom stereocenters. The second-order valence-electron chi connectivity index (χ2n) is 5.49. The van der Waals surface area contributed by atoms with Gasteiger partial charge in [0.2, 0.25) is 0 Å². The van der Waals surface area contributed by atoms with E-state index < -0.39 is 0 Å². The van der Waals surface area contributed by atoms with Crippen molar-refractivity contribution in [2.24, 2.45) is 0 Å². The number of hydrogen-bond acceptors (Lipinski definition) is 3. The molecule has 0 saturated heterocycles. The maximum absolute atomic E-state index is 6.12. The highest BCUT2D eigenvalue weighted by molar-refractivity contribution is 6.31. The largest absolute Gasteiger partial charge is 0.496 e. The van der Waals surface area contributed by atoms with E-state index in [-0.39, 0.29) is 5.41 Å². The van der Waals surface area contributed by atoms with Gasteiger partial charge in [-0.2, -0.15) is 0 Å². The summed E-state index contributed by atoms with van der Waals surface area (Å²) >= 11 is 12.2. The van der Waals surface area contributed by atoms with E-state index in [1.165, 1.54) is 0 Å². The molecule has 0 N–H and O–H groups in total. The van der Waals surface area contributed by atoms with E-state index in [0.29, 0.717) is 27.4 Å². The van der Waals surface area contributed by atoms with Crippen molar-refractivity contribution in [3.8, 4) is 17.0 Å². The molecule has 0 fully saturated rings. The lowest BCUT2D eigenvalue weighted by Gasteiger charge is -2.18. The van der Waals surface area contributed by atoms with Crippen LogP contribution >= 0.6 is 23.2 Å². The molecule has 2 aromatic rings. The van der Waals surface area contributed by atoms with E-state index in [1.807, 2.05) is 32.9 Å². The lowest BCUT2D eigenvalue weighted by atomic mass is 9.95. The van der Waals surface area contributed by atoms with Gasteiger partial charge in [0.15, 0.2) is 0 Å². The van der Waals surface area contributed by atoms with Gasteiger partial charge >= 0.3 is 0 Å². The summed E-state index contributed by atoms with van der Waals surface area (Å²) in [4.78, 5) is 8.88. The number of aromatic nitrogens is 2. The molecule has 0 aliphatic rings. The maximum atomic E-state index is 6.12. The highest BCUT2D eigenvalue weighted by Crippen LogP contribution is 2.33. The third kappa shape index (κ3) is 3.22. The molecule has 2 rings (SSSR count). The predicted octanol–water partition coefficient (Wildman–Crippen LogP) is 4.76. The first-order valence-electron chi connectivity index (χ1n) is 6.20. The zero-order chi connectivity index (χ0) is 14.9. The fraction of sp³-hybridized carbons (Fsp3) is 0.333. The molecule has 1 heterocycles. The van der Waals surface area contributed by atoms with E-state index in [1.54, 1.807) is 19.2 Å². The van der Waals surface area contributed by atoms with Gasteiger partial charge in [0, 0.05) is 22.1 Å². The second-order valence-corrected chi connectivity index (χ2v) is 6.32. The summed E-state index contributed by atoms with van der Waals surface area (Å²) < 4.78 is 5.36. The summed E-state index contributed by atoms with van der Waals surface area (Å²) in [5.74, 6) is 1.38. The van der Waals surface area contributed by atoms with Crippen molar-refractivity contribution in [3.63, 3.8) is 0 Å². The normalized spacial score (nSPS) is 11.5. The van der Waals surface area contributed by atoms with Gasteiger partial charge in [-0.05, 0) is 18.2 Å². The number of rotatable bonds is 2. The zero-order valence-corrected chi connectivity index (χ0v) is 13.4. The summed E-state index contributed by atoms with van der Waals surface area (Å²) in [6, 6.07) is 7.11. The van der Waals surface area contributed by atoms with Gasteiger partial charge in [-0.1, -0.05) is 44.0 Å². The topological polar surface area (TPSA) is 35.0 Å². The van der Waals surface area contributed by atoms with Crippen LogP contribution in [-0.2, 0) is 5.41 Å². The van der Waals surface area contributed by atoms with Crippen LogP contribution in [0.25, 0.3) is 11.3 Å². The van der Waals surface area contributed by atoms with Gasteiger partial charge in [-0.3, -0.25) is 0 Å². The highest BCUT2D eigenvalue weighted by atomic mass is 35.5. The third-order valence-electron chi connectivity index (χ3n) is 2.80. The Hall–Kier alpha value is -1.32. The second kappa shape index (κ2) is 5.58. The molecule has 106 valence electrons. The standard InChI is InChI=1S/C15H16Cl2N2O/c1-15(2,3)14-18-11(8-13(17)19-14)10-7-9(16)5-6-12(10)20-4/h5-8H,1-4H3. The van der Waals surface area contributed by atoms with E-state index in [9.17, 15) is 0 Å². The number of nitrogens with zero attached hydrogens (tertiary/aromatic N) is 2. The Labute approximate surface area is 128 Å². The van der Waals surface area contributed by atoms with Crippen molar-refractivity contribution >= 4 is 23.2 Å². The molecule has 1 aromatic carbocycles. The molecule has 5 heteroatoms. The number of hydrogen-bond donors (Lipinski definition) is 0. The smallest absolute Gasteiger partial charge is 0.136 e. The van der Waals surface area contributed by atoms with Crippen LogP contribution in [0.5, 0.6) is 5.75 Å². The molecule has 0 radical (unpaired) electrons. The Morgan fingerprint density at radius 3 is 2.35 bits per heavy atom. The number of benzene rings is 1. The molecular formula is C15H16Cl2N2O. The fourth-order valence-electron chi connectivity index (χ4n) is 1.77. The Bertz CT molecular complexity index is 636. The molecule has 1 aromatic heterocycles. The van der Waals surface area contributed by atoms with Gasteiger partial charge < -0.3 is 4.74 Å². The first-order chi connectivity index (χ1) is 9.31. The van der Waals surface area contributed by atoms with E-state index >= 15 is 0 Å². The van der Waals surface area contributed by atoms with E-state index in [2.05, 4.69) is 9.97 Å². The summed E-state index contributed by atoms with van der Waals surface area (Å²) in [6.07, 6.45) is 0. The van der Waals surface area contributed by atoms with Crippen molar-refractivity contribution in [2.45, 2.75) is 26.2 Å². The average Bonchev–Trinajstić information content (AvgIpc) is 2.37. The molecule has 0 spiro atoms. The van der Waals surface area contributed by atoms with Crippen LogP contribution in [0.15, 0.2) is 24.3 Å². The first kappa shape index (κ1) is 15.1. The van der Waals surface area contributed by atoms with Crippen molar-refractivity contribution < 1.29 is 4.74 Å². The number of halogens is 2.